The lowest BCUT2D eigenvalue weighted by Crippen LogP contribution is -2.27. The van der Waals surface area contributed by atoms with E-state index < -0.39 is 5.97 Å². The summed E-state index contributed by atoms with van der Waals surface area (Å²) in [6.07, 6.45) is 2.41. The van der Waals surface area contributed by atoms with Crippen molar-refractivity contribution < 1.29 is 9.90 Å². The highest BCUT2D eigenvalue weighted by atomic mass is 16.4. The Hall–Kier alpha value is -1.51. The van der Waals surface area contributed by atoms with E-state index in [-0.39, 0.29) is 6.42 Å². The number of carbonyl (C=O) groups is 1. The van der Waals surface area contributed by atoms with Crippen molar-refractivity contribution in [3.8, 4) is 0 Å². The summed E-state index contributed by atoms with van der Waals surface area (Å²) < 4.78 is 0. The maximum atomic E-state index is 10.6. The van der Waals surface area contributed by atoms with Crippen molar-refractivity contribution in [2.24, 2.45) is 0 Å². The summed E-state index contributed by atoms with van der Waals surface area (Å²) in [7, 11) is 0. The molecule has 0 saturated heterocycles. The number of rotatable bonds is 7. The molecular formula is C13H19NO2. The monoisotopic (exact) mass is 221 g/mol. The highest BCUT2D eigenvalue weighted by Crippen LogP contribution is 2.14. The summed E-state index contributed by atoms with van der Waals surface area (Å²) in [5.74, 6) is -0.738. The maximum Gasteiger partial charge on any atom is 0.305 e. The molecule has 0 amide bonds. The number of nitrogens with zero attached hydrogens (tertiary/aromatic N) is 1. The van der Waals surface area contributed by atoms with Gasteiger partial charge in [-0.25, -0.2) is 0 Å². The van der Waals surface area contributed by atoms with Gasteiger partial charge in [-0.05, 0) is 18.6 Å². The highest BCUT2D eigenvalue weighted by Gasteiger charge is 2.07. The van der Waals surface area contributed by atoms with Gasteiger partial charge in [0.15, 0.2) is 0 Å². The molecule has 0 fully saturated rings. The second-order valence-electron chi connectivity index (χ2n) is 3.82. The molecule has 0 radical (unpaired) electrons. The molecule has 1 aromatic carbocycles. The normalized spacial score (nSPS) is 10.1. The van der Waals surface area contributed by atoms with E-state index in [4.69, 9.17) is 5.11 Å². The van der Waals surface area contributed by atoms with Gasteiger partial charge < -0.3 is 10.0 Å². The van der Waals surface area contributed by atoms with Gasteiger partial charge in [-0.1, -0.05) is 31.5 Å². The van der Waals surface area contributed by atoms with Gasteiger partial charge in [0, 0.05) is 18.8 Å². The van der Waals surface area contributed by atoms with Crippen molar-refractivity contribution in [2.75, 3.05) is 18.0 Å². The standard InChI is InChI=1S/C13H19NO2/c1-2-3-10-14(11-9-13(15)16)12-7-5-4-6-8-12/h4-8H,2-3,9-11H2,1H3,(H,15,16). The molecule has 0 aliphatic rings. The van der Waals surface area contributed by atoms with Gasteiger partial charge >= 0.3 is 5.97 Å². The molecule has 0 atom stereocenters. The molecule has 1 N–H and O–H groups in total. The first-order valence-corrected chi connectivity index (χ1v) is 5.76. The Morgan fingerprint density at radius 3 is 2.50 bits per heavy atom. The van der Waals surface area contributed by atoms with Crippen LogP contribution < -0.4 is 4.90 Å². The van der Waals surface area contributed by atoms with E-state index in [1.165, 1.54) is 0 Å². The first kappa shape index (κ1) is 12.6. The maximum absolute atomic E-state index is 10.6. The van der Waals surface area contributed by atoms with Crippen LogP contribution in [0.25, 0.3) is 0 Å². The lowest BCUT2D eigenvalue weighted by atomic mass is 10.2. The Morgan fingerprint density at radius 2 is 1.94 bits per heavy atom. The minimum Gasteiger partial charge on any atom is -0.481 e. The first-order valence-electron chi connectivity index (χ1n) is 5.76. The topological polar surface area (TPSA) is 40.5 Å². The lowest BCUT2D eigenvalue weighted by Gasteiger charge is -2.23. The van der Waals surface area contributed by atoms with Crippen LogP contribution in [-0.2, 0) is 4.79 Å². The third kappa shape index (κ3) is 4.34. The highest BCUT2D eigenvalue weighted by molar-refractivity contribution is 5.67. The number of aliphatic carboxylic acids is 1. The van der Waals surface area contributed by atoms with Crippen molar-refractivity contribution >= 4 is 11.7 Å². The van der Waals surface area contributed by atoms with Crippen LogP contribution in [0.2, 0.25) is 0 Å². The van der Waals surface area contributed by atoms with Gasteiger partial charge in [0.25, 0.3) is 0 Å². The number of anilines is 1. The molecule has 0 heterocycles. The first-order chi connectivity index (χ1) is 7.74. The summed E-state index contributed by atoms with van der Waals surface area (Å²) >= 11 is 0. The van der Waals surface area contributed by atoms with Crippen molar-refractivity contribution in [1.29, 1.82) is 0 Å². The summed E-state index contributed by atoms with van der Waals surface area (Å²) in [5.41, 5.74) is 1.11. The summed E-state index contributed by atoms with van der Waals surface area (Å²) in [5, 5.41) is 8.71. The van der Waals surface area contributed by atoms with Gasteiger partial charge in [-0.2, -0.15) is 0 Å². The summed E-state index contributed by atoms with van der Waals surface area (Å²) in [6.45, 7) is 3.65. The van der Waals surface area contributed by atoms with Crippen LogP contribution in [0.15, 0.2) is 30.3 Å². The fourth-order valence-electron chi connectivity index (χ4n) is 1.59. The van der Waals surface area contributed by atoms with E-state index in [9.17, 15) is 4.79 Å². The number of carboxylic acids is 1. The zero-order valence-electron chi connectivity index (χ0n) is 9.72. The smallest absolute Gasteiger partial charge is 0.305 e. The number of benzene rings is 1. The van der Waals surface area contributed by atoms with Gasteiger partial charge in [-0.15, -0.1) is 0 Å². The molecule has 3 nitrogen and oxygen atoms in total. The Bertz CT molecular complexity index is 311. The van der Waals surface area contributed by atoms with E-state index in [0.717, 1.165) is 25.1 Å². The fourth-order valence-corrected chi connectivity index (χ4v) is 1.59. The fraction of sp³-hybridized carbons (Fsp3) is 0.462. The predicted molar refractivity (Wildman–Crippen MR) is 65.8 cm³/mol. The Kier molecular flexibility index (Phi) is 5.40. The molecule has 16 heavy (non-hydrogen) atoms. The quantitative estimate of drug-likeness (QED) is 0.769. The molecule has 0 unspecified atom stereocenters. The molecule has 0 saturated carbocycles. The second-order valence-corrected chi connectivity index (χ2v) is 3.82. The van der Waals surface area contributed by atoms with Crippen molar-refractivity contribution in [3.63, 3.8) is 0 Å². The Labute approximate surface area is 96.7 Å². The van der Waals surface area contributed by atoms with Crippen molar-refractivity contribution in [1.82, 2.24) is 0 Å². The van der Waals surface area contributed by atoms with E-state index in [1.54, 1.807) is 0 Å². The van der Waals surface area contributed by atoms with Crippen LogP contribution in [0.3, 0.4) is 0 Å². The molecular weight excluding hydrogens is 202 g/mol. The van der Waals surface area contributed by atoms with Crippen LogP contribution in [0.1, 0.15) is 26.2 Å². The Balaban J connectivity index is 2.59. The molecule has 0 bridgehead atoms. The molecule has 0 aliphatic carbocycles. The zero-order chi connectivity index (χ0) is 11.8. The van der Waals surface area contributed by atoms with Crippen LogP contribution in [-0.4, -0.2) is 24.2 Å². The third-order valence-corrected chi connectivity index (χ3v) is 2.50. The van der Waals surface area contributed by atoms with Gasteiger partial charge in [0.05, 0.1) is 6.42 Å². The summed E-state index contributed by atoms with van der Waals surface area (Å²) in [4.78, 5) is 12.7. The SMILES string of the molecule is CCCCN(CCC(=O)O)c1ccccc1. The van der Waals surface area contributed by atoms with Gasteiger partial charge in [-0.3, -0.25) is 4.79 Å². The second kappa shape index (κ2) is 6.88. The largest absolute Gasteiger partial charge is 0.481 e. The van der Waals surface area contributed by atoms with Crippen LogP contribution in [0.5, 0.6) is 0 Å². The average Bonchev–Trinajstić information content (AvgIpc) is 2.30. The number of hydrogen-bond donors (Lipinski definition) is 1. The Morgan fingerprint density at radius 1 is 1.25 bits per heavy atom. The number of carboxylic acid groups (broad SMARTS) is 1. The minimum atomic E-state index is -0.738. The molecule has 0 spiro atoms. The van der Waals surface area contributed by atoms with E-state index >= 15 is 0 Å². The number of unbranched alkanes of at least 4 members (excludes halogenated alkanes) is 1. The molecule has 1 rings (SSSR count). The van der Waals surface area contributed by atoms with E-state index in [2.05, 4.69) is 11.8 Å². The number of para-hydroxylation sites is 1. The average molecular weight is 221 g/mol. The van der Waals surface area contributed by atoms with Gasteiger partial charge in [0.1, 0.15) is 0 Å². The van der Waals surface area contributed by atoms with Crippen LogP contribution in [0, 0.1) is 0 Å². The predicted octanol–water partition coefficient (Wildman–Crippen LogP) is 2.77. The zero-order valence-corrected chi connectivity index (χ0v) is 9.72. The minimum absolute atomic E-state index is 0.193. The summed E-state index contributed by atoms with van der Waals surface area (Å²) in [6, 6.07) is 9.98. The van der Waals surface area contributed by atoms with Crippen LogP contribution in [0.4, 0.5) is 5.69 Å². The van der Waals surface area contributed by atoms with Crippen molar-refractivity contribution in [3.05, 3.63) is 30.3 Å². The molecule has 0 aliphatic heterocycles. The van der Waals surface area contributed by atoms with Crippen LogP contribution >= 0.6 is 0 Å². The third-order valence-electron chi connectivity index (χ3n) is 2.50. The van der Waals surface area contributed by atoms with Gasteiger partial charge in [0.2, 0.25) is 0 Å². The van der Waals surface area contributed by atoms with Crippen molar-refractivity contribution in [2.45, 2.75) is 26.2 Å². The molecule has 3 heteroatoms. The lowest BCUT2D eigenvalue weighted by molar-refractivity contribution is -0.136. The van der Waals surface area contributed by atoms with E-state index in [0.29, 0.717) is 6.54 Å². The molecule has 1 aromatic rings. The molecule has 0 aromatic heterocycles. The van der Waals surface area contributed by atoms with E-state index in [1.807, 2.05) is 30.3 Å². The molecule has 88 valence electrons. The number of hydrogen-bond acceptors (Lipinski definition) is 2.